The van der Waals surface area contributed by atoms with E-state index in [1.165, 1.54) is 31.1 Å². The van der Waals surface area contributed by atoms with Crippen LogP contribution in [0.3, 0.4) is 0 Å². The van der Waals surface area contributed by atoms with Crippen LogP contribution in [0.1, 0.15) is 34.3 Å². The standard InChI is InChI=1S/C28H22Cl2N2O2/c1-34-28-20(16-33)11-12-24(32-28)23-8-4-7-21(25(23)29)22-13-14-31-27(26(22)30)19-10-9-17-5-2-3-6-18(17)15-19/h4,7-16H,2-3,5-6H2,1H3. The fourth-order valence-corrected chi connectivity index (χ4v) is 5.17. The Morgan fingerprint density at radius 3 is 2.44 bits per heavy atom. The van der Waals surface area contributed by atoms with Gasteiger partial charge >= 0.3 is 0 Å². The normalized spacial score (nSPS) is 12.8. The van der Waals surface area contributed by atoms with Gasteiger partial charge in [0.15, 0.2) is 6.29 Å². The molecule has 0 radical (unpaired) electrons. The van der Waals surface area contributed by atoms with Crippen molar-refractivity contribution in [3.63, 3.8) is 0 Å². The molecule has 2 aromatic carbocycles. The highest BCUT2D eigenvalue weighted by Crippen LogP contribution is 2.42. The number of aldehydes is 1. The molecule has 5 rings (SSSR count). The molecular weight excluding hydrogens is 467 g/mol. The molecule has 6 heteroatoms. The first-order valence-corrected chi connectivity index (χ1v) is 11.9. The highest BCUT2D eigenvalue weighted by molar-refractivity contribution is 6.39. The van der Waals surface area contributed by atoms with Gasteiger partial charge in [-0.1, -0.05) is 53.5 Å². The minimum atomic E-state index is 0.255. The molecule has 4 nitrogen and oxygen atoms in total. The fraction of sp³-hybridized carbons (Fsp3) is 0.179. The molecule has 0 atom stereocenters. The van der Waals surface area contributed by atoms with Gasteiger partial charge in [-0.05, 0) is 61.1 Å². The Morgan fingerprint density at radius 1 is 0.882 bits per heavy atom. The molecular formula is C28H22Cl2N2O2. The van der Waals surface area contributed by atoms with E-state index in [2.05, 4.69) is 28.2 Å². The monoisotopic (exact) mass is 488 g/mol. The van der Waals surface area contributed by atoms with Crippen molar-refractivity contribution in [3.8, 4) is 39.5 Å². The highest BCUT2D eigenvalue weighted by atomic mass is 35.5. The summed E-state index contributed by atoms with van der Waals surface area (Å²) < 4.78 is 5.26. The van der Waals surface area contributed by atoms with Crippen molar-refractivity contribution >= 4 is 29.5 Å². The van der Waals surface area contributed by atoms with Crippen molar-refractivity contribution < 1.29 is 9.53 Å². The molecule has 0 aliphatic heterocycles. The van der Waals surface area contributed by atoms with Crippen molar-refractivity contribution in [2.45, 2.75) is 25.7 Å². The maximum atomic E-state index is 11.2. The number of aromatic nitrogens is 2. The van der Waals surface area contributed by atoms with Crippen LogP contribution in [0.5, 0.6) is 5.88 Å². The summed E-state index contributed by atoms with van der Waals surface area (Å²) in [4.78, 5) is 20.3. The molecule has 0 saturated heterocycles. The molecule has 0 N–H and O–H groups in total. The number of aryl methyl sites for hydroxylation is 2. The van der Waals surface area contributed by atoms with Crippen LogP contribution in [0.25, 0.3) is 33.6 Å². The number of carbonyl (C=O) groups is 1. The largest absolute Gasteiger partial charge is 0.480 e. The van der Waals surface area contributed by atoms with E-state index in [4.69, 9.17) is 27.9 Å². The van der Waals surface area contributed by atoms with E-state index >= 15 is 0 Å². The van der Waals surface area contributed by atoms with Crippen LogP contribution in [-0.4, -0.2) is 23.4 Å². The smallest absolute Gasteiger partial charge is 0.224 e. The molecule has 4 aromatic rings. The second-order valence-corrected chi connectivity index (χ2v) is 9.05. The average Bonchev–Trinajstić information content (AvgIpc) is 2.88. The summed E-state index contributed by atoms with van der Waals surface area (Å²) in [5.74, 6) is 0.255. The lowest BCUT2D eigenvalue weighted by Gasteiger charge is -2.17. The van der Waals surface area contributed by atoms with E-state index in [1.807, 2.05) is 24.3 Å². The Balaban J connectivity index is 1.59. The van der Waals surface area contributed by atoms with Gasteiger partial charge in [-0.3, -0.25) is 9.78 Å². The third kappa shape index (κ3) is 4.08. The molecule has 0 saturated carbocycles. The molecule has 1 aliphatic carbocycles. The van der Waals surface area contributed by atoms with E-state index < -0.39 is 0 Å². The van der Waals surface area contributed by atoms with Crippen LogP contribution in [0.15, 0.2) is 60.8 Å². The molecule has 0 unspecified atom stereocenters. The molecule has 0 amide bonds. The van der Waals surface area contributed by atoms with E-state index in [-0.39, 0.29) is 5.88 Å². The molecule has 34 heavy (non-hydrogen) atoms. The van der Waals surface area contributed by atoms with Crippen LogP contribution in [0, 0.1) is 0 Å². The zero-order chi connectivity index (χ0) is 23.7. The van der Waals surface area contributed by atoms with Crippen molar-refractivity contribution in [1.82, 2.24) is 9.97 Å². The van der Waals surface area contributed by atoms with E-state index in [0.29, 0.717) is 27.6 Å². The minimum Gasteiger partial charge on any atom is -0.480 e. The maximum Gasteiger partial charge on any atom is 0.224 e. The summed E-state index contributed by atoms with van der Waals surface area (Å²) in [6.07, 6.45) is 7.16. The number of ether oxygens (including phenoxy) is 1. The molecule has 0 bridgehead atoms. The lowest BCUT2D eigenvalue weighted by Crippen LogP contribution is -2.02. The number of hydrogen-bond donors (Lipinski definition) is 0. The zero-order valence-electron chi connectivity index (χ0n) is 18.6. The van der Waals surface area contributed by atoms with Gasteiger partial charge in [0.1, 0.15) is 0 Å². The maximum absolute atomic E-state index is 11.2. The Hall–Kier alpha value is -3.21. The summed E-state index contributed by atoms with van der Waals surface area (Å²) in [7, 11) is 1.48. The Bertz CT molecular complexity index is 1400. The zero-order valence-corrected chi connectivity index (χ0v) is 20.2. The Morgan fingerprint density at radius 2 is 1.65 bits per heavy atom. The Kier molecular flexibility index (Phi) is 6.36. The van der Waals surface area contributed by atoms with Gasteiger partial charge < -0.3 is 4.74 Å². The SMILES string of the molecule is COc1nc(-c2cccc(-c3ccnc(-c4ccc5c(c4)CCCC5)c3Cl)c2Cl)ccc1C=O. The summed E-state index contributed by atoms with van der Waals surface area (Å²) in [5.41, 5.74) is 7.84. The summed E-state index contributed by atoms with van der Waals surface area (Å²) in [6.45, 7) is 0. The number of carbonyl (C=O) groups excluding carboxylic acids is 1. The van der Waals surface area contributed by atoms with Gasteiger partial charge in [0.2, 0.25) is 5.88 Å². The average molecular weight is 489 g/mol. The van der Waals surface area contributed by atoms with Crippen LogP contribution in [0.2, 0.25) is 10.0 Å². The van der Waals surface area contributed by atoms with Crippen LogP contribution in [0.4, 0.5) is 0 Å². The van der Waals surface area contributed by atoms with E-state index in [1.54, 1.807) is 18.3 Å². The summed E-state index contributed by atoms with van der Waals surface area (Å²) >= 11 is 13.8. The number of rotatable bonds is 5. The molecule has 0 spiro atoms. The predicted molar refractivity (Wildman–Crippen MR) is 137 cm³/mol. The van der Waals surface area contributed by atoms with Gasteiger partial charge in [0, 0.05) is 28.5 Å². The third-order valence-corrected chi connectivity index (χ3v) is 7.08. The number of pyridine rings is 2. The Labute approximate surface area is 208 Å². The van der Waals surface area contributed by atoms with Gasteiger partial charge in [-0.15, -0.1) is 0 Å². The van der Waals surface area contributed by atoms with Crippen molar-refractivity contribution in [3.05, 3.63) is 87.5 Å². The number of halogens is 2. The van der Waals surface area contributed by atoms with Gasteiger partial charge in [0.05, 0.1) is 34.1 Å². The lowest BCUT2D eigenvalue weighted by atomic mass is 9.89. The van der Waals surface area contributed by atoms with Crippen molar-refractivity contribution in [1.29, 1.82) is 0 Å². The first kappa shape index (κ1) is 22.6. The van der Waals surface area contributed by atoms with Gasteiger partial charge in [-0.2, -0.15) is 0 Å². The van der Waals surface area contributed by atoms with Crippen molar-refractivity contribution in [2.75, 3.05) is 7.11 Å². The minimum absolute atomic E-state index is 0.255. The predicted octanol–water partition coefficient (Wildman–Crippen LogP) is 7.48. The fourth-order valence-electron chi connectivity index (χ4n) is 4.53. The number of fused-ring (bicyclic) bond motifs is 1. The second kappa shape index (κ2) is 9.57. The number of hydrogen-bond acceptors (Lipinski definition) is 4. The van der Waals surface area contributed by atoms with Gasteiger partial charge in [0.25, 0.3) is 0 Å². The number of methoxy groups -OCH3 is 1. The molecule has 0 fully saturated rings. The van der Waals surface area contributed by atoms with Crippen LogP contribution >= 0.6 is 23.2 Å². The van der Waals surface area contributed by atoms with E-state index in [0.717, 1.165) is 40.8 Å². The first-order valence-electron chi connectivity index (χ1n) is 11.2. The molecule has 1 aliphatic rings. The van der Waals surface area contributed by atoms with Crippen LogP contribution < -0.4 is 4.74 Å². The molecule has 170 valence electrons. The van der Waals surface area contributed by atoms with Gasteiger partial charge in [-0.25, -0.2) is 4.98 Å². The topological polar surface area (TPSA) is 52.1 Å². The summed E-state index contributed by atoms with van der Waals surface area (Å²) in [6, 6.07) is 17.5. The third-order valence-electron chi connectivity index (χ3n) is 6.29. The van der Waals surface area contributed by atoms with Crippen molar-refractivity contribution in [2.24, 2.45) is 0 Å². The second-order valence-electron chi connectivity index (χ2n) is 8.29. The summed E-state index contributed by atoms with van der Waals surface area (Å²) in [5, 5.41) is 1.07. The highest BCUT2D eigenvalue weighted by Gasteiger charge is 2.18. The first-order chi connectivity index (χ1) is 16.6. The lowest BCUT2D eigenvalue weighted by molar-refractivity contribution is 0.112. The number of nitrogens with zero attached hydrogens (tertiary/aromatic N) is 2. The quantitative estimate of drug-likeness (QED) is 0.273. The molecule has 2 aromatic heterocycles. The van der Waals surface area contributed by atoms with E-state index in [9.17, 15) is 4.79 Å². The molecule has 2 heterocycles. The van der Waals surface area contributed by atoms with Crippen LogP contribution in [-0.2, 0) is 12.8 Å². The number of benzene rings is 2.